The molecule has 0 atom stereocenters. The van der Waals surface area contributed by atoms with Crippen LogP contribution in [0.2, 0.25) is 0 Å². The van der Waals surface area contributed by atoms with Crippen molar-refractivity contribution in [3.63, 3.8) is 0 Å². The third kappa shape index (κ3) is 1.69. The van der Waals surface area contributed by atoms with Crippen molar-refractivity contribution in [2.45, 2.75) is 6.92 Å². The lowest BCUT2D eigenvalue weighted by atomic mass is 10.2. The first-order valence-corrected chi connectivity index (χ1v) is 4.04. The van der Waals surface area contributed by atoms with E-state index in [9.17, 15) is 0 Å². The maximum Gasteiger partial charge on any atom is 0.0615 e. The van der Waals surface area contributed by atoms with Crippen LogP contribution in [0.3, 0.4) is 0 Å². The van der Waals surface area contributed by atoms with Gasteiger partial charge in [0.1, 0.15) is 0 Å². The van der Waals surface area contributed by atoms with Gasteiger partial charge in [-0.1, -0.05) is 12.2 Å². The van der Waals surface area contributed by atoms with Gasteiger partial charge in [0.25, 0.3) is 0 Å². The molecule has 0 radical (unpaired) electrons. The molecule has 1 nitrogen and oxygen atoms in total. The van der Waals surface area contributed by atoms with Crippen LogP contribution in [-0.4, -0.2) is 11.7 Å². The van der Waals surface area contributed by atoms with Crippen LogP contribution in [0.25, 0.3) is 6.08 Å². The van der Waals surface area contributed by atoms with Gasteiger partial charge in [0.2, 0.25) is 0 Å². The van der Waals surface area contributed by atoms with Crippen molar-refractivity contribution in [3.8, 4) is 0 Å². The molecule has 0 saturated heterocycles. The lowest BCUT2D eigenvalue weighted by Gasteiger charge is -1.86. The second kappa shape index (κ2) is 3.54. The normalized spacial score (nSPS) is 11.0. The molecule has 0 aliphatic heterocycles. The third-order valence-corrected chi connectivity index (χ3v) is 2.16. The summed E-state index contributed by atoms with van der Waals surface area (Å²) in [6.45, 7) is 2.19. The zero-order chi connectivity index (χ0) is 7.40. The fraction of sp³-hybridized carbons (Fsp3) is 0.250. The van der Waals surface area contributed by atoms with Gasteiger partial charge in [-0.3, -0.25) is 0 Å². The molecule has 1 heterocycles. The average Bonchev–Trinajstić information content (AvgIpc) is 2.31. The Morgan fingerprint density at radius 3 is 3.00 bits per heavy atom. The molecule has 0 bridgehead atoms. The van der Waals surface area contributed by atoms with Crippen molar-refractivity contribution < 1.29 is 5.11 Å². The molecule has 10 heavy (non-hydrogen) atoms. The molecule has 2 heteroatoms. The highest BCUT2D eigenvalue weighted by molar-refractivity contribution is 7.10. The predicted octanol–water partition coefficient (Wildman–Crippen LogP) is 2.06. The van der Waals surface area contributed by atoms with Crippen molar-refractivity contribution >= 4 is 17.4 Å². The smallest absolute Gasteiger partial charge is 0.0615 e. The van der Waals surface area contributed by atoms with Gasteiger partial charge in [0.15, 0.2) is 0 Å². The lowest BCUT2D eigenvalue weighted by molar-refractivity contribution is 0.343. The van der Waals surface area contributed by atoms with Crippen molar-refractivity contribution in [3.05, 3.63) is 28.0 Å². The quantitative estimate of drug-likeness (QED) is 0.691. The summed E-state index contributed by atoms with van der Waals surface area (Å²) >= 11 is 1.72. The van der Waals surface area contributed by atoms with Gasteiger partial charge < -0.3 is 5.11 Å². The number of rotatable bonds is 2. The van der Waals surface area contributed by atoms with E-state index in [-0.39, 0.29) is 6.61 Å². The van der Waals surface area contributed by atoms with Crippen LogP contribution in [0.15, 0.2) is 17.5 Å². The summed E-state index contributed by atoms with van der Waals surface area (Å²) in [6.07, 6.45) is 3.68. The van der Waals surface area contributed by atoms with E-state index in [4.69, 9.17) is 5.11 Å². The van der Waals surface area contributed by atoms with E-state index in [1.165, 1.54) is 10.4 Å². The Kier molecular flexibility index (Phi) is 2.66. The molecule has 0 spiro atoms. The Morgan fingerprint density at radius 1 is 1.70 bits per heavy atom. The number of hydrogen-bond donors (Lipinski definition) is 1. The van der Waals surface area contributed by atoms with Crippen LogP contribution in [0, 0.1) is 6.92 Å². The van der Waals surface area contributed by atoms with Crippen LogP contribution < -0.4 is 0 Å². The zero-order valence-corrected chi connectivity index (χ0v) is 6.69. The number of thiophene rings is 1. The van der Waals surface area contributed by atoms with Crippen LogP contribution in [-0.2, 0) is 0 Å². The number of aliphatic hydroxyl groups is 1. The summed E-state index contributed by atoms with van der Waals surface area (Å²) in [6, 6.07) is 2.05. The van der Waals surface area contributed by atoms with E-state index in [1.807, 2.05) is 17.5 Å². The molecule has 0 aliphatic rings. The highest BCUT2D eigenvalue weighted by Crippen LogP contribution is 2.15. The van der Waals surface area contributed by atoms with Crippen molar-refractivity contribution in [2.75, 3.05) is 6.61 Å². The topological polar surface area (TPSA) is 20.2 Å². The van der Waals surface area contributed by atoms with E-state index in [0.717, 1.165) is 0 Å². The van der Waals surface area contributed by atoms with Gasteiger partial charge in [-0.05, 0) is 23.9 Å². The highest BCUT2D eigenvalue weighted by atomic mass is 32.1. The molecule has 1 aromatic rings. The second-order valence-corrected chi connectivity index (χ2v) is 3.14. The van der Waals surface area contributed by atoms with Gasteiger partial charge in [-0.2, -0.15) is 0 Å². The minimum absolute atomic E-state index is 0.120. The molecule has 0 amide bonds. The molecule has 0 unspecified atom stereocenters. The van der Waals surface area contributed by atoms with Crippen molar-refractivity contribution in [1.29, 1.82) is 0 Å². The zero-order valence-electron chi connectivity index (χ0n) is 5.87. The van der Waals surface area contributed by atoms with Gasteiger partial charge >= 0.3 is 0 Å². The highest BCUT2D eigenvalue weighted by Gasteiger charge is 1.91. The Labute approximate surface area is 64.6 Å². The maximum atomic E-state index is 8.47. The molecule has 1 aromatic heterocycles. The summed E-state index contributed by atoms with van der Waals surface area (Å²) in [5.74, 6) is 0. The Bertz CT molecular complexity index is 225. The summed E-state index contributed by atoms with van der Waals surface area (Å²) in [4.78, 5) is 1.30. The van der Waals surface area contributed by atoms with Crippen LogP contribution in [0.5, 0.6) is 0 Å². The monoisotopic (exact) mass is 154 g/mol. The van der Waals surface area contributed by atoms with E-state index in [2.05, 4.69) is 6.92 Å². The number of hydrogen-bond acceptors (Lipinski definition) is 2. The minimum Gasteiger partial charge on any atom is -0.392 e. The minimum atomic E-state index is 0.120. The molecule has 0 fully saturated rings. The van der Waals surface area contributed by atoms with Crippen molar-refractivity contribution in [2.24, 2.45) is 0 Å². The molecular weight excluding hydrogens is 144 g/mol. The lowest BCUT2D eigenvalue weighted by Crippen LogP contribution is -1.72. The molecule has 1 rings (SSSR count). The SMILES string of the molecule is Cc1sccc1/C=C/CO. The fourth-order valence-electron chi connectivity index (χ4n) is 0.747. The molecule has 0 aromatic carbocycles. The Hall–Kier alpha value is -0.600. The first kappa shape index (κ1) is 7.51. The largest absolute Gasteiger partial charge is 0.392 e. The van der Waals surface area contributed by atoms with Gasteiger partial charge in [0.05, 0.1) is 6.61 Å². The molecular formula is C8H10OS. The molecule has 54 valence electrons. The second-order valence-electron chi connectivity index (χ2n) is 2.02. The molecule has 0 aliphatic carbocycles. The first-order chi connectivity index (χ1) is 4.84. The molecule has 0 saturated carbocycles. The van der Waals surface area contributed by atoms with Crippen LogP contribution >= 0.6 is 11.3 Å². The third-order valence-electron chi connectivity index (χ3n) is 1.30. The summed E-state index contributed by atoms with van der Waals surface area (Å²) < 4.78 is 0. The molecule has 1 N–H and O–H groups in total. The average molecular weight is 154 g/mol. The Balaban J connectivity index is 2.74. The van der Waals surface area contributed by atoms with E-state index in [1.54, 1.807) is 17.4 Å². The summed E-state index contributed by atoms with van der Waals surface area (Å²) in [5, 5.41) is 10.5. The van der Waals surface area contributed by atoms with Gasteiger partial charge in [-0.15, -0.1) is 11.3 Å². The van der Waals surface area contributed by atoms with Crippen LogP contribution in [0.4, 0.5) is 0 Å². The summed E-state index contributed by atoms with van der Waals surface area (Å²) in [7, 11) is 0. The van der Waals surface area contributed by atoms with E-state index < -0.39 is 0 Å². The first-order valence-electron chi connectivity index (χ1n) is 3.16. The van der Waals surface area contributed by atoms with E-state index in [0.29, 0.717) is 0 Å². The van der Waals surface area contributed by atoms with Crippen LogP contribution in [0.1, 0.15) is 10.4 Å². The number of aryl methyl sites for hydroxylation is 1. The van der Waals surface area contributed by atoms with Gasteiger partial charge in [-0.25, -0.2) is 0 Å². The number of aliphatic hydroxyl groups excluding tert-OH is 1. The Morgan fingerprint density at radius 2 is 2.50 bits per heavy atom. The van der Waals surface area contributed by atoms with Gasteiger partial charge in [0, 0.05) is 4.88 Å². The fourth-order valence-corrected chi connectivity index (χ4v) is 1.44. The van der Waals surface area contributed by atoms with Crippen molar-refractivity contribution in [1.82, 2.24) is 0 Å². The van der Waals surface area contributed by atoms with E-state index >= 15 is 0 Å². The predicted molar refractivity (Wildman–Crippen MR) is 45.2 cm³/mol. The maximum absolute atomic E-state index is 8.47. The standard InChI is InChI=1S/C8H10OS/c1-7-8(3-2-5-9)4-6-10-7/h2-4,6,9H,5H2,1H3/b3-2+. The summed E-state index contributed by atoms with van der Waals surface area (Å²) in [5.41, 5.74) is 1.21.